The zero-order valence-corrected chi connectivity index (χ0v) is 11.3. The predicted octanol–water partition coefficient (Wildman–Crippen LogP) is 2.40. The Hall–Kier alpha value is -1.56. The van der Waals surface area contributed by atoms with Crippen molar-refractivity contribution in [3.8, 4) is 0 Å². The largest absolute Gasteiger partial charge is 0.416 e. The van der Waals surface area contributed by atoms with Crippen LogP contribution in [0, 0.1) is 5.92 Å². The monoisotopic (exact) mass is 299 g/mol. The number of amides is 1. The second-order valence-electron chi connectivity index (χ2n) is 5.76. The molecule has 21 heavy (non-hydrogen) atoms. The Morgan fingerprint density at radius 1 is 1.29 bits per heavy atom. The lowest BCUT2D eigenvalue weighted by Gasteiger charge is -2.16. The number of carbonyl (C=O) groups is 1. The number of aliphatic hydroxyl groups is 1. The number of rotatable bonds is 2. The summed E-state index contributed by atoms with van der Waals surface area (Å²) in [6.45, 7) is 0.785. The maximum absolute atomic E-state index is 13.0. The molecule has 2 unspecified atom stereocenters. The number of carbonyl (C=O) groups excluding carboxylic acids is 1. The van der Waals surface area contributed by atoms with Crippen LogP contribution in [0.2, 0.25) is 0 Å². The highest BCUT2D eigenvalue weighted by Crippen LogP contribution is 2.51. The lowest BCUT2D eigenvalue weighted by molar-refractivity contribution is -0.138. The summed E-state index contributed by atoms with van der Waals surface area (Å²) in [5.74, 6) is -0.861. The first-order valence-electron chi connectivity index (χ1n) is 7.01. The van der Waals surface area contributed by atoms with Crippen LogP contribution in [-0.2, 0) is 11.0 Å². The zero-order chi connectivity index (χ0) is 15.2. The fourth-order valence-corrected chi connectivity index (χ4v) is 3.07. The average molecular weight is 299 g/mol. The molecule has 1 aromatic carbocycles. The zero-order valence-electron chi connectivity index (χ0n) is 11.3. The molecule has 3 atom stereocenters. The van der Waals surface area contributed by atoms with Gasteiger partial charge in [0.05, 0.1) is 11.7 Å². The highest BCUT2D eigenvalue weighted by Gasteiger charge is 2.49. The fourth-order valence-electron chi connectivity index (χ4n) is 3.07. The van der Waals surface area contributed by atoms with Gasteiger partial charge in [-0.2, -0.15) is 13.2 Å². The van der Waals surface area contributed by atoms with E-state index in [0.29, 0.717) is 25.9 Å². The highest BCUT2D eigenvalue weighted by atomic mass is 19.4. The van der Waals surface area contributed by atoms with Crippen molar-refractivity contribution < 1.29 is 23.1 Å². The fraction of sp³-hybridized carbons (Fsp3) is 0.533. The summed E-state index contributed by atoms with van der Waals surface area (Å²) in [7, 11) is 0. The molecule has 114 valence electrons. The Morgan fingerprint density at radius 2 is 2.00 bits per heavy atom. The van der Waals surface area contributed by atoms with E-state index < -0.39 is 17.8 Å². The van der Waals surface area contributed by atoms with Crippen LogP contribution in [0.15, 0.2) is 24.3 Å². The summed E-state index contributed by atoms with van der Waals surface area (Å²) in [4.78, 5) is 13.8. The van der Waals surface area contributed by atoms with Crippen molar-refractivity contribution in [1.82, 2.24) is 4.90 Å². The number of aliphatic hydroxyl groups excluding tert-OH is 1. The van der Waals surface area contributed by atoms with Gasteiger partial charge in [0, 0.05) is 19.0 Å². The van der Waals surface area contributed by atoms with Gasteiger partial charge in [-0.05, 0) is 30.4 Å². The van der Waals surface area contributed by atoms with Crippen molar-refractivity contribution in [2.75, 3.05) is 13.1 Å². The average Bonchev–Trinajstić information content (AvgIpc) is 3.11. The maximum atomic E-state index is 13.0. The highest BCUT2D eigenvalue weighted by molar-refractivity contribution is 5.83. The van der Waals surface area contributed by atoms with Crippen molar-refractivity contribution in [2.45, 2.75) is 31.0 Å². The maximum Gasteiger partial charge on any atom is 0.416 e. The molecule has 3 nitrogen and oxygen atoms in total. The second-order valence-corrected chi connectivity index (χ2v) is 5.76. The summed E-state index contributed by atoms with van der Waals surface area (Å²) < 4.78 is 39.0. The minimum atomic E-state index is -4.39. The van der Waals surface area contributed by atoms with E-state index in [9.17, 15) is 23.1 Å². The minimum Gasteiger partial charge on any atom is -0.391 e. The van der Waals surface area contributed by atoms with Crippen LogP contribution in [-0.4, -0.2) is 35.1 Å². The molecule has 0 spiro atoms. The van der Waals surface area contributed by atoms with E-state index in [1.165, 1.54) is 12.1 Å². The molecule has 1 heterocycles. The molecule has 3 rings (SSSR count). The van der Waals surface area contributed by atoms with Gasteiger partial charge in [0.15, 0.2) is 0 Å². The third-order valence-corrected chi connectivity index (χ3v) is 4.25. The minimum absolute atomic E-state index is 0.131. The summed E-state index contributed by atoms with van der Waals surface area (Å²) in [5.41, 5.74) is -0.435. The van der Waals surface area contributed by atoms with Crippen LogP contribution >= 0.6 is 0 Å². The Kier molecular flexibility index (Phi) is 3.43. The van der Waals surface area contributed by atoms with E-state index in [1.807, 2.05) is 0 Å². The second kappa shape index (κ2) is 5.02. The first-order chi connectivity index (χ1) is 9.88. The molecule has 2 aliphatic rings. The molecule has 2 fully saturated rings. The van der Waals surface area contributed by atoms with Crippen molar-refractivity contribution in [3.63, 3.8) is 0 Å². The smallest absolute Gasteiger partial charge is 0.391 e. The standard InChI is InChI=1S/C15H16F3NO2/c16-15(17,18)13-4-2-1-3-10(13)11-7-12(11)14(21)19-6-5-9(20)8-19/h1-4,9,11-12,20H,5-8H2/t9-,11?,12?/m1/s1. The van der Waals surface area contributed by atoms with Crippen LogP contribution in [0.5, 0.6) is 0 Å². The summed E-state index contributed by atoms with van der Waals surface area (Å²) in [6, 6.07) is 5.46. The van der Waals surface area contributed by atoms with Gasteiger partial charge in [-0.15, -0.1) is 0 Å². The molecule has 1 aromatic rings. The number of β-amino-alcohol motifs (C(OH)–C–C–N with tert-alkyl or cyclic N) is 1. The number of benzene rings is 1. The Labute approximate surface area is 120 Å². The van der Waals surface area contributed by atoms with Gasteiger partial charge in [0.1, 0.15) is 0 Å². The number of halogens is 3. The van der Waals surface area contributed by atoms with E-state index >= 15 is 0 Å². The normalized spacial score (nSPS) is 28.8. The lowest BCUT2D eigenvalue weighted by atomic mass is 10.0. The molecule has 0 aromatic heterocycles. The molecule has 1 saturated carbocycles. The van der Waals surface area contributed by atoms with Gasteiger partial charge in [0.2, 0.25) is 5.91 Å². The molecule has 6 heteroatoms. The van der Waals surface area contributed by atoms with Gasteiger partial charge < -0.3 is 10.0 Å². The molecule has 0 bridgehead atoms. The number of hydrogen-bond donors (Lipinski definition) is 1. The van der Waals surface area contributed by atoms with Crippen molar-refractivity contribution in [2.24, 2.45) is 5.92 Å². The van der Waals surface area contributed by atoms with Crippen LogP contribution in [0.4, 0.5) is 13.2 Å². The summed E-state index contributed by atoms with van der Waals surface area (Å²) in [5, 5.41) is 9.44. The number of hydrogen-bond acceptors (Lipinski definition) is 2. The third-order valence-electron chi connectivity index (χ3n) is 4.25. The molecule has 1 aliphatic heterocycles. The number of likely N-dealkylation sites (tertiary alicyclic amines) is 1. The van der Waals surface area contributed by atoms with E-state index in [-0.39, 0.29) is 23.3 Å². The summed E-state index contributed by atoms with van der Waals surface area (Å²) in [6.07, 6.45) is -3.90. The number of alkyl halides is 3. The third kappa shape index (κ3) is 2.77. The van der Waals surface area contributed by atoms with Gasteiger partial charge in [-0.25, -0.2) is 0 Å². The van der Waals surface area contributed by atoms with Crippen LogP contribution in [0.25, 0.3) is 0 Å². The molecular weight excluding hydrogens is 283 g/mol. The van der Waals surface area contributed by atoms with Gasteiger partial charge in [-0.1, -0.05) is 18.2 Å². The van der Waals surface area contributed by atoms with Crippen LogP contribution in [0.3, 0.4) is 0 Å². The molecule has 1 N–H and O–H groups in total. The molecule has 1 saturated heterocycles. The van der Waals surface area contributed by atoms with E-state index in [1.54, 1.807) is 11.0 Å². The Morgan fingerprint density at radius 3 is 2.62 bits per heavy atom. The molecule has 1 aliphatic carbocycles. The van der Waals surface area contributed by atoms with E-state index in [0.717, 1.165) is 6.07 Å². The van der Waals surface area contributed by atoms with Gasteiger partial charge in [0.25, 0.3) is 0 Å². The molecule has 0 radical (unpaired) electrons. The summed E-state index contributed by atoms with van der Waals surface area (Å²) >= 11 is 0. The Bertz CT molecular complexity index is 558. The Balaban J connectivity index is 1.75. The first-order valence-corrected chi connectivity index (χ1v) is 7.01. The van der Waals surface area contributed by atoms with Crippen LogP contribution < -0.4 is 0 Å². The SMILES string of the molecule is O=C(C1CC1c1ccccc1C(F)(F)F)N1CC[C@@H](O)C1. The predicted molar refractivity (Wildman–Crippen MR) is 69.5 cm³/mol. The topological polar surface area (TPSA) is 40.5 Å². The van der Waals surface area contributed by atoms with Gasteiger partial charge in [-0.3, -0.25) is 4.79 Å². The van der Waals surface area contributed by atoms with Crippen molar-refractivity contribution in [3.05, 3.63) is 35.4 Å². The van der Waals surface area contributed by atoms with E-state index in [2.05, 4.69) is 0 Å². The van der Waals surface area contributed by atoms with Crippen molar-refractivity contribution in [1.29, 1.82) is 0 Å². The number of nitrogens with zero attached hydrogens (tertiary/aromatic N) is 1. The van der Waals surface area contributed by atoms with E-state index in [4.69, 9.17) is 0 Å². The molecule has 1 amide bonds. The lowest BCUT2D eigenvalue weighted by Crippen LogP contribution is -2.31. The van der Waals surface area contributed by atoms with Gasteiger partial charge >= 0.3 is 6.18 Å². The quantitative estimate of drug-likeness (QED) is 0.911. The molecular formula is C15H16F3NO2. The van der Waals surface area contributed by atoms with Crippen molar-refractivity contribution >= 4 is 5.91 Å². The first kappa shape index (κ1) is 14.4. The van der Waals surface area contributed by atoms with Crippen LogP contribution in [0.1, 0.15) is 29.9 Å².